The minimum Gasteiger partial charge on any atom is -0.478 e. The molecule has 0 spiro atoms. The topological polar surface area (TPSA) is 84.3 Å². The maximum Gasteiger partial charge on any atom is 0.339 e. The average molecular weight is 253 g/mol. The van der Waals surface area contributed by atoms with Crippen molar-refractivity contribution in [3.05, 3.63) is 17.5 Å². The van der Waals surface area contributed by atoms with Gasteiger partial charge < -0.3 is 15.2 Å². The van der Waals surface area contributed by atoms with Crippen molar-refractivity contribution >= 4 is 11.9 Å². The highest BCUT2D eigenvalue weighted by molar-refractivity contribution is 5.88. The number of nitrogens with one attached hydrogen (secondary N) is 1. The van der Waals surface area contributed by atoms with Crippen LogP contribution in [-0.4, -0.2) is 40.8 Å². The molecule has 0 bridgehead atoms. The highest BCUT2D eigenvalue weighted by Crippen LogP contribution is 2.11. The molecular weight excluding hydrogens is 234 g/mol. The number of hydrogen-bond donors (Lipinski definition) is 2. The highest BCUT2D eigenvalue weighted by Gasteiger charge is 2.16. The zero-order valence-corrected chi connectivity index (χ0v) is 11.1. The van der Waals surface area contributed by atoms with Gasteiger partial charge >= 0.3 is 5.97 Å². The van der Waals surface area contributed by atoms with Crippen molar-refractivity contribution in [1.82, 2.24) is 9.97 Å². The van der Waals surface area contributed by atoms with Crippen LogP contribution >= 0.6 is 0 Å². The summed E-state index contributed by atoms with van der Waals surface area (Å²) in [6.45, 7) is 6.32. The molecule has 0 aliphatic heterocycles. The normalized spacial score (nSPS) is 12.5. The molecule has 1 rings (SSSR count). The van der Waals surface area contributed by atoms with E-state index in [1.807, 2.05) is 0 Å². The van der Waals surface area contributed by atoms with E-state index in [9.17, 15) is 4.79 Å². The predicted octanol–water partition coefficient (Wildman–Crippen LogP) is 1.57. The maximum atomic E-state index is 10.8. The Labute approximate surface area is 106 Å². The molecule has 0 radical (unpaired) electrons. The second-order valence-electron chi connectivity index (χ2n) is 4.45. The first-order valence-corrected chi connectivity index (χ1v) is 5.78. The van der Waals surface area contributed by atoms with Gasteiger partial charge in [0.2, 0.25) is 5.95 Å². The molecule has 2 N–H and O–H groups in total. The van der Waals surface area contributed by atoms with Crippen LogP contribution in [0.4, 0.5) is 5.95 Å². The van der Waals surface area contributed by atoms with Gasteiger partial charge in [-0.05, 0) is 12.8 Å². The zero-order valence-electron chi connectivity index (χ0n) is 11.1. The summed E-state index contributed by atoms with van der Waals surface area (Å²) in [4.78, 5) is 19.0. The van der Waals surface area contributed by atoms with E-state index >= 15 is 0 Å². The number of carboxylic acids is 1. The lowest BCUT2D eigenvalue weighted by Crippen LogP contribution is -2.31. The summed E-state index contributed by atoms with van der Waals surface area (Å²) in [5.41, 5.74) is 0.563. The third-order valence-electron chi connectivity index (χ3n) is 2.68. The molecule has 1 unspecified atom stereocenters. The second kappa shape index (κ2) is 6.30. The van der Waals surface area contributed by atoms with Gasteiger partial charge in [0.15, 0.2) is 0 Å². The van der Waals surface area contributed by atoms with E-state index in [0.29, 0.717) is 24.2 Å². The Hall–Kier alpha value is -1.69. The van der Waals surface area contributed by atoms with Crippen molar-refractivity contribution in [2.45, 2.75) is 26.8 Å². The number of anilines is 1. The van der Waals surface area contributed by atoms with Gasteiger partial charge in [-0.1, -0.05) is 13.8 Å². The standard InChI is InChI=1S/C12H19N3O3/c1-7(2)10(6-18-4)15-12-13-5-9(11(16)17)8(3)14-12/h5,7,10H,6H2,1-4H3,(H,16,17)(H,13,14,15). The van der Waals surface area contributed by atoms with Crippen LogP contribution in [0.2, 0.25) is 0 Å². The predicted molar refractivity (Wildman–Crippen MR) is 67.9 cm³/mol. The fourth-order valence-corrected chi connectivity index (χ4v) is 1.49. The lowest BCUT2D eigenvalue weighted by Gasteiger charge is -2.21. The number of carboxylic acid groups (broad SMARTS) is 1. The molecular formula is C12H19N3O3. The summed E-state index contributed by atoms with van der Waals surface area (Å²) in [6.07, 6.45) is 1.32. The van der Waals surface area contributed by atoms with Crippen LogP contribution in [0.1, 0.15) is 29.9 Å². The summed E-state index contributed by atoms with van der Waals surface area (Å²) in [5, 5.41) is 12.0. The fourth-order valence-electron chi connectivity index (χ4n) is 1.49. The minimum atomic E-state index is -1.02. The first-order valence-electron chi connectivity index (χ1n) is 5.78. The minimum absolute atomic E-state index is 0.0880. The molecule has 6 nitrogen and oxygen atoms in total. The number of rotatable bonds is 6. The molecule has 0 saturated heterocycles. The van der Waals surface area contributed by atoms with E-state index in [1.165, 1.54) is 6.20 Å². The Balaban J connectivity index is 2.84. The van der Waals surface area contributed by atoms with Crippen molar-refractivity contribution in [3.8, 4) is 0 Å². The number of hydrogen-bond acceptors (Lipinski definition) is 5. The summed E-state index contributed by atoms with van der Waals surface area (Å²) in [7, 11) is 1.64. The van der Waals surface area contributed by atoms with E-state index in [0.717, 1.165) is 0 Å². The van der Waals surface area contributed by atoms with Crippen LogP contribution in [0.3, 0.4) is 0 Å². The SMILES string of the molecule is COCC(Nc1ncc(C(=O)O)c(C)n1)C(C)C. The largest absolute Gasteiger partial charge is 0.478 e. The molecule has 18 heavy (non-hydrogen) atoms. The molecule has 1 heterocycles. The second-order valence-corrected chi connectivity index (χ2v) is 4.45. The van der Waals surface area contributed by atoms with Crippen molar-refractivity contribution in [1.29, 1.82) is 0 Å². The summed E-state index contributed by atoms with van der Waals surface area (Å²) in [6, 6.07) is 0.0880. The smallest absolute Gasteiger partial charge is 0.339 e. The van der Waals surface area contributed by atoms with Crippen LogP contribution in [0.25, 0.3) is 0 Å². The lowest BCUT2D eigenvalue weighted by atomic mass is 10.1. The number of carbonyl (C=O) groups is 1. The Bertz CT molecular complexity index is 421. The molecule has 1 atom stereocenters. The third-order valence-corrected chi connectivity index (χ3v) is 2.68. The number of ether oxygens (including phenoxy) is 1. The van der Waals surface area contributed by atoms with Crippen LogP contribution in [0, 0.1) is 12.8 Å². The van der Waals surface area contributed by atoms with E-state index in [1.54, 1.807) is 14.0 Å². The lowest BCUT2D eigenvalue weighted by molar-refractivity contribution is 0.0695. The van der Waals surface area contributed by atoms with Crippen molar-refractivity contribution in [2.75, 3.05) is 19.0 Å². The van der Waals surface area contributed by atoms with E-state index in [-0.39, 0.29) is 11.6 Å². The Kier molecular flexibility index (Phi) is 5.03. The van der Waals surface area contributed by atoms with E-state index in [4.69, 9.17) is 9.84 Å². The molecule has 0 aliphatic rings. The zero-order chi connectivity index (χ0) is 13.7. The number of nitrogens with zero attached hydrogens (tertiary/aromatic N) is 2. The molecule has 0 fully saturated rings. The van der Waals surface area contributed by atoms with Gasteiger partial charge in [-0.3, -0.25) is 0 Å². The summed E-state index contributed by atoms with van der Waals surface area (Å²) >= 11 is 0. The molecule has 1 aromatic heterocycles. The number of methoxy groups -OCH3 is 1. The molecule has 6 heteroatoms. The van der Waals surface area contributed by atoms with Gasteiger partial charge in [0.05, 0.1) is 23.9 Å². The highest BCUT2D eigenvalue weighted by atomic mass is 16.5. The fraction of sp³-hybridized carbons (Fsp3) is 0.583. The van der Waals surface area contributed by atoms with Crippen molar-refractivity contribution in [2.24, 2.45) is 5.92 Å². The van der Waals surface area contributed by atoms with Gasteiger partial charge in [-0.2, -0.15) is 0 Å². The van der Waals surface area contributed by atoms with Crippen molar-refractivity contribution in [3.63, 3.8) is 0 Å². The average Bonchev–Trinajstić information content (AvgIpc) is 2.27. The van der Waals surface area contributed by atoms with Gasteiger partial charge in [0.25, 0.3) is 0 Å². The van der Waals surface area contributed by atoms with Gasteiger partial charge in [0.1, 0.15) is 0 Å². The quantitative estimate of drug-likeness (QED) is 0.800. The Morgan fingerprint density at radius 1 is 1.56 bits per heavy atom. The van der Waals surface area contributed by atoms with Crippen LogP contribution < -0.4 is 5.32 Å². The maximum absolute atomic E-state index is 10.8. The Morgan fingerprint density at radius 2 is 2.22 bits per heavy atom. The van der Waals surface area contributed by atoms with Gasteiger partial charge in [-0.15, -0.1) is 0 Å². The first kappa shape index (κ1) is 14.4. The van der Waals surface area contributed by atoms with Crippen molar-refractivity contribution < 1.29 is 14.6 Å². The molecule has 0 amide bonds. The summed E-state index contributed by atoms with van der Waals surface area (Å²) < 4.78 is 5.12. The number of aromatic nitrogens is 2. The first-order chi connectivity index (χ1) is 8.45. The van der Waals surface area contributed by atoms with Crippen LogP contribution in [-0.2, 0) is 4.74 Å². The monoisotopic (exact) mass is 253 g/mol. The molecule has 1 aromatic rings. The molecule has 0 aromatic carbocycles. The number of aromatic carboxylic acids is 1. The molecule has 100 valence electrons. The molecule has 0 aliphatic carbocycles. The number of aryl methyl sites for hydroxylation is 1. The van der Waals surface area contributed by atoms with Gasteiger partial charge in [-0.25, -0.2) is 14.8 Å². The van der Waals surface area contributed by atoms with Crippen LogP contribution in [0.5, 0.6) is 0 Å². The van der Waals surface area contributed by atoms with Crippen LogP contribution in [0.15, 0.2) is 6.20 Å². The third kappa shape index (κ3) is 3.66. The Morgan fingerprint density at radius 3 is 2.67 bits per heavy atom. The van der Waals surface area contributed by atoms with E-state index < -0.39 is 5.97 Å². The van der Waals surface area contributed by atoms with Gasteiger partial charge in [0, 0.05) is 13.3 Å². The van der Waals surface area contributed by atoms with E-state index in [2.05, 4.69) is 29.1 Å². The molecule has 0 saturated carbocycles. The summed E-state index contributed by atoms with van der Waals surface area (Å²) in [5.74, 6) is -0.238.